The van der Waals surface area contributed by atoms with Crippen molar-refractivity contribution in [2.45, 2.75) is 6.42 Å². The standard InChI is InChI=1S/C17H18N8O3/c1-25-15(9-4-2-8(3-5-9)12(18)19)22-11-13(20)23-14(24-16(11)25)17(28)21-7-6-10(26)27/h2-5H,6-7H2,1H3,(H3,18,19)(H,21,28)(H,26,27)(H2,20,23,24). The molecule has 0 saturated carbocycles. The number of carboxylic acids is 1. The average molecular weight is 382 g/mol. The third kappa shape index (κ3) is 3.58. The van der Waals surface area contributed by atoms with E-state index in [0.717, 1.165) is 5.56 Å². The maximum absolute atomic E-state index is 12.2. The van der Waals surface area contributed by atoms with Gasteiger partial charge in [-0.1, -0.05) is 24.3 Å². The summed E-state index contributed by atoms with van der Waals surface area (Å²) in [6.45, 7) is -0.0470. The van der Waals surface area contributed by atoms with Crippen molar-refractivity contribution in [1.82, 2.24) is 24.8 Å². The highest BCUT2D eigenvalue weighted by molar-refractivity contribution is 5.96. The van der Waals surface area contributed by atoms with E-state index < -0.39 is 11.9 Å². The number of carbonyl (C=O) groups is 2. The molecule has 11 nitrogen and oxygen atoms in total. The van der Waals surface area contributed by atoms with E-state index in [1.807, 2.05) is 0 Å². The Labute approximate surface area is 158 Å². The molecule has 3 aromatic rings. The molecule has 0 unspecified atom stereocenters. The van der Waals surface area contributed by atoms with Crippen LogP contribution in [-0.4, -0.2) is 48.9 Å². The van der Waals surface area contributed by atoms with Crippen molar-refractivity contribution < 1.29 is 14.7 Å². The van der Waals surface area contributed by atoms with Gasteiger partial charge in [-0.2, -0.15) is 0 Å². The van der Waals surface area contributed by atoms with E-state index in [9.17, 15) is 9.59 Å². The maximum atomic E-state index is 12.2. The molecule has 1 aromatic carbocycles. The van der Waals surface area contributed by atoms with Gasteiger partial charge < -0.3 is 26.5 Å². The molecule has 0 bridgehead atoms. The Morgan fingerprint density at radius 1 is 1.21 bits per heavy atom. The van der Waals surface area contributed by atoms with Crippen LogP contribution in [0.25, 0.3) is 22.6 Å². The first-order valence-electron chi connectivity index (χ1n) is 8.22. The molecule has 0 aliphatic heterocycles. The number of hydrogen-bond acceptors (Lipinski definition) is 7. The van der Waals surface area contributed by atoms with Gasteiger partial charge in [-0.25, -0.2) is 15.0 Å². The number of nitrogens with one attached hydrogen (secondary N) is 2. The molecule has 1 amide bonds. The fraction of sp³-hybridized carbons (Fsp3) is 0.176. The number of nitrogens with zero attached hydrogens (tertiary/aromatic N) is 4. The normalized spacial score (nSPS) is 10.8. The Balaban J connectivity index is 1.96. The van der Waals surface area contributed by atoms with Crippen LogP contribution in [0.15, 0.2) is 24.3 Å². The van der Waals surface area contributed by atoms with Crippen molar-refractivity contribution in [1.29, 1.82) is 5.41 Å². The van der Waals surface area contributed by atoms with Gasteiger partial charge in [0.25, 0.3) is 5.91 Å². The van der Waals surface area contributed by atoms with Gasteiger partial charge in [-0.15, -0.1) is 0 Å². The van der Waals surface area contributed by atoms with E-state index in [-0.39, 0.29) is 30.4 Å². The Morgan fingerprint density at radius 3 is 2.50 bits per heavy atom. The Bertz CT molecular complexity index is 1090. The van der Waals surface area contributed by atoms with Crippen LogP contribution >= 0.6 is 0 Å². The van der Waals surface area contributed by atoms with Crippen molar-refractivity contribution in [3.05, 3.63) is 35.7 Å². The predicted octanol–water partition coefficient (Wildman–Crippen LogP) is 0.101. The number of fused-ring (bicyclic) bond motifs is 1. The largest absolute Gasteiger partial charge is 0.481 e. The zero-order chi connectivity index (χ0) is 20.4. The molecule has 0 atom stereocenters. The lowest BCUT2D eigenvalue weighted by molar-refractivity contribution is -0.136. The summed E-state index contributed by atoms with van der Waals surface area (Å²) in [6.07, 6.45) is -0.213. The Kier molecular flexibility index (Phi) is 4.90. The molecule has 0 aliphatic carbocycles. The van der Waals surface area contributed by atoms with Gasteiger partial charge in [0.1, 0.15) is 11.7 Å². The van der Waals surface area contributed by atoms with Gasteiger partial charge in [-0.3, -0.25) is 15.0 Å². The monoisotopic (exact) mass is 382 g/mol. The number of carboxylic acid groups (broad SMARTS) is 1. The number of aromatic nitrogens is 4. The molecule has 0 aliphatic rings. The van der Waals surface area contributed by atoms with Crippen molar-refractivity contribution in [3.63, 3.8) is 0 Å². The Morgan fingerprint density at radius 2 is 1.89 bits per heavy atom. The van der Waals surface area contributed by atoms with Crippen molar-refractivity contribution in [2.24, 2.45) is 12.8 Å². The number of hydrogen-bond donors (Lipinski definition) is 5. The molecule has 7 N–H and O–H groups in total. The second-order valence-corrected chi connectivity index (χ2v) is 5.99. The summed E-state index contributed by atoms with van der Waals surface area (Å²) >= 11 is 0. The molecule has 28 heavy (non-hydrogen) atoms. The lowest BCUT2D eigenvalue weighted by atomic mass is 10.1. The van der Waals surface area contributed by atoms with Crippen molar-refractivity contribution >= 4 is 34.7 Å². The summed E-state index contributed by atoms with van der Waals surface area (Å²) in [7, 11) is 1.72. The third-order valence-electron chi connectivity index (χ3n) is 4.03. The highest BCUT2D eigenvalue weighted by atomic mass is 16.4. The van der Waals surface area contributed by atoms with Gasteiger partial charge >= 0.3 is 5.97 Å². The quantitative estimate of drug-likeness (QED) is 0.293. The van der Waals surface area contributed by atoms with Gasteiger partial charge in [0.15, 0.2) is 17.0 Å². The first-order chi connectivity index (χ1) is 13.3. The number of carbonyl (C=O) groups excluding carboxylic acids is 1. The number of nitrogen functional groups attached to an aromatic ring is 2. The molecule has 3 rings (SSSR count). The zero-order valence-electron chi connectivity index (χ0n) is 14.9. The van der Waals surface area contributed by atoms with Crippen LogP contribution in [0.2, 0.25) is 0 Å². The topological polar surface area (TPSA) is 186 Å². The SMILES string of the molecule is Cn1c(-c2ccc(C(=N)N)cc2)nc2c(N)nc(C(=O)NCCC(=O)O)nc21. The number of benzene rings is 1. The van der Waals surface area contributed by atoms with Crippen LogP contribution in [0.5, 0.6) is 0 Å². The molecule has 0 spiro atoms. The number of amides is 1. The number of aliphatic carboxylic acids is 1. The van der Waals surface area contributed by atoms with Crippen molar-refractivity contribution in [2.75, 3.05) is 12.3 Å². The second-order valence-electron chi connectivity index (χ2n) is 5.99. The van der Waals surface area contributed by atoms with Crippen LogP contribution in [-0.2, 0) is 11.8 Å². The summed E-state index contributed by atoms with van der Waals surface area (Å²) in [4.78, 5) is 35.4. The van der Waals surface area contributed by atoms with Crippen molar-refractivity contribution in [3.8, 4) is 11.4 Å². The number of anilines is 1. The smallest absolute Gasteiger partial charge is 0.305 e. The van der Waals surface area contributed by atoms with E-state index in [1.54, 1.807) is 35.9 Å². The van der Waals surface area contributed by atoms with Crippen LogP contribution in [0, 0.1) is 5.41 Å². The molecule has 0 fully saturated rings. The summed E-state index contributed by atoms with van der Waals surface area (Å²) in [6, 6.07) is 6.93. The minimum atomic E-state index is -1.02. The van der Waals surface area contributed by atoms with E-state index >= 15 is 0 Å². The molecular formula is C17H18N8O3. The van der Waals surface area contributed by atoms with Gasteiger partial charge in [0, 0.05) is 24.7 Å². The molecule has 11 heteroatoms. The van der Waals surface area contributed by atoms with Gasteiger partial charge in [0.2, 0.25) is 5.82 Å². The number of imidazole rings is 1. The number of amidine groups is 1. The molecular weight excluding hydrogens is 364 g/mol. The van der Waals surface area contributed by atoms with Gasteiger partial charge in [-0.05, 0) is 0 Å². The Hall–Kier alpha value is -4.02. The summed E-state index contributed by atoms with van der Waals surface area (Å²) in [5, 5.41) is 18.5. The minimum absolute atomic E-state index is 0.0368. The third-order valence-corrected chi connectivity index (χ3v) is 4.03. The van der Waals surface area contributed by atoms with E-state index in [0.29, 0.717) is 22.6 Å². The van der Waals surface area contributed by atoms with E-state index in [2.05, 4.69) is 20.3 Å². The average Bonchev–Trinajstić information content (AvgIpc) is 2.99. The molecule has 2 heterocycles. The van der Waals surface area contributed by atoms with E-state index in [1.165, 1.54) is 0 Å². The fourth-order valence-electron chi connectivity index (χ4n) is 2.60. The van der Waals surface area contributed by atoms with Gasteiger partial charge in [0.05, 0.1) is 6.42 Å². The zero-order valence-corrected chi connectivity index (χ0v) is 14.9. The first kappa shape index (κ1) is 18.8. The lowest BCUT2D eigenvalue weighted by Crippen LogP contribution is -2.28. The van der Waals surface area contributed by atoms with Crippen LogP contribution in [0.1, 0.15) is 22.6 Å². The molecule has 144 valence electrons. The summed E-state index contributed by atoms with van der Waals surface area (Å²) in [5.41, 5.74) is 13.5. The highest BCUT2D eigenvalue weighted by Gasteiger charge is 2.19. The van der Waals surface area contributed by atoms with Crippen LogP contribution in [0.3, 0.4) is 0 Å². The summed E-state index contributed by atoms with van der Waals surface area (Å²) in [5.74, 6) is -1.26. The van der Waals surface area contributed by atoms with E-state index in [4.69, 9.17) is 22.0 Å². The lowest BCUT2D eigenvalue weighted by Gasteiger charge is -2.05. The first-order valence-corrected chi connectivity index (χ1v) is 8.22. The minimum Gasteiger partial charge on any atom is -0.481 e. The highest BCUT2D eigenvalue weighted by Crippen LogP contribution is 2.25. The summed E-state index contributed by atoms with van der Waals surface area (Å²) < 4.78 is 1.67. The predicted molar refractivity (Wildman–Crippen MR) is 102 cm³/mol. The molecule has 0 radical (unpaired) electrons. The number of aryl methyl sites for hydroxylation is 1. The fourth-order valence-corrected chi connectivity index (χ4v) is 2.60. The number of rotatable bonds is 6. The molecule has 0 saturated heterocycles. The van der Waals surface area contributed by atoms with Crippen LogP contribution < -0.4 is 16.8 Å². The van der Waals surface area contributed by atoms with Crippen LogP contribution in [0.4, 0.5) is 5.82 Å². The molecule has 2 aromatic heterocycles. The maximum Gasteiger partial charge on any atom is 0.305 e. The number of nitrogens with two attached hydrogens (primary N) is 2. The second kappa shape index (κ2) is 7.31.